The zero-order valence-electron chi connectivity index (χ0n) is 10.8. The van der Waals surface area contributed by atoms with Gasteiger partial charge in [0.1, 0.15) is 0 Å². The van der Waals surface area contributed by atoms with Crippen molar-refractivity contribution in [3.8, 4) is 0 Å². The first-order valence-corrected chi connectivity index (χ1v) is 5.98. The molecule has 0 aromatic rings. The van der Waals surface area contributed by atoms with Gasteiger partial charge < -0.3 is 10.6 Å². The van der Waals surface area contributed by atoms with Crippen molar-refractivity contribution in [1.82, 2.24) is 10.6 Å². The van der Waals surface area contributed by atoms with Crippen LogP contribution in [0, 0.1) is 5.92 Å². The molecule has 0 rings (SSSR count). The van der Waals surface area contributed by atoms with Crippen molar-refractivity contribution >= 4 is 5.91 Å². The molecule has 15 heavy (non-hydrogen) atoms. The van der Waals surface area contributed by atoms with Crippen LogP contribution in [0.25, 0.3) is 0 Å². The number of rotatable bonds is 7. The summed E-state index contributed by atoms with van der Waals surface area (Å²) in [5, 5.41) is 6.27. The van der Waals surface area contributed by atoms with Crippen LogP contribution in [0.2, 0.25) is 0 Å². The first-order valence-electron chi connectivity index (χ1n) is 5.98. The van der Waals surface area contributed by atoms with E-state index in [4.69, 9.17) is 0 Å². The van der Waals surface area contributed by atoms with E-state index in [1.807, 2.05) is 13.8 Å². The molecule has 0 aliphatic heterocycles. The molecule has 2 N–H and O–H groups in total. The third-order valence-electron chi connectivity index (χ3n) is 2.45. The fraction of sp³-hybridized carbons (Fsp3) is 0.917. The molecule has 3 nitrogen and oxygen atoms in total. The Morgan fingerprint density at radius 3 is 2.27 bits per heavy atom. The van der Waals surface area contributed by atoms with Crippen LogP contribution in [0.1, 0.15) is 47.5 Å². The van der Waals surface area contributed by atoms with Crippen LogP contribution in [-0.4, -0.2) is 24.5 Å². The molecule has 0 aliphatic rings. The molecule has 0 saturated carbocycles. The molecule has 3 heteroatoms. The van der Waals surface area contributed by atoms with E-state index in [-0.39, 0.29) is 18.0 Å². The molecular weight excluding hydrogens is 188 g/mol. The molecule has 2 unspecified atom stereocenters. The van der Waals surface area contributed by atoms with Crippen molar-refractivity contribution in [2.45, 2.75) is 59.5 Å². The van der Waals surface area contributed by atoms with Gasteiger partial charge in [0.25, 0.3) is 0 Å². The average Bonchev–Trinajstić information content (AvgIpc) is 2.12. The molecule has 0 radical (unpaired) electrons. The molecule has 2 atom stereocenters. The minimum absolute atomic E-state index is 0.133. The zero-order chi connectivity index (χ0) is 11.8. The molecule has 0 heterocycles. The summed E-state index contributed by atoms with van der Waals surface area (Å²) in [6.45, 7) is 11.4. The van der Waals surface area contributed by atoms with E-state index < -0.39 is 0 Å². The number of carbonyl (C=O) groups excluding carboxylic acids is 1. The second kappa shape index (κ2) is 7.69. The van der Waals surface area contributed by atoms with Gasteiger partial charge in [-0.15, -0.1) is 0 Å². The predicted octanol–water partition coefficient (Wildman–Crippen LogP) is 1.93. The highest BCUT2D eigenvalue weighted by molar-refractivity contribution is 5.76. The summed E-state index contributed by atoms with van der Waals surface area (Å²) in [6.07, 6.45) is 1.74. The summed E-state index contributed by atoms with van der Waals surface area (Å²) >= 11 is 0. The first-order chi connectivity index (χ1) is 6.95. The van der Waals surface area contributed by atoms with Crippen LogP contribution in [0.4, 0.5) is 0 Å². The fourth-order valence-corrected chi connectivity index (χ4v) is 1.28. The summed E-state index contributed by atoms with van der Waals surface area (Å²) in [7, 11) is 0. The van der Waals surface area contributed by atoms with E-state index in [1.54, 1.807) is 0 Å². The highest BCUT2D eigenvalue weighted by Gasteiger charge is 2.10. The molecule has 0 spiro atoms. The Hall–Kier alpha value is -0.570. The maximum absolute atomic E-state index is 11.4. The van der Waals surface area contributed by atoms with Crippen molar-refractivity contribution < 1.29 is 4.79 Å². The summed E-state index contributed by atoms with van der Waals surface area (Å²) in [4.78, 5) is 11.4. The van der Waals surface area contributed by atoms with Gasteiger partial charge >= 0.3 is 0 Å². The fourth-order valence-electron chi connectivity index (χ4n) is 1.28. The van der Waals surface area contributed by atoms with E-state index in [0.29, 0.717) is 12.3 Å². The lowest BCUT2D eigenvalue weighted by atomic mass is 10.1. The van der Waals surface area contributed by atoms with Gasteiger partial charge in [-0.3, -0.25) is 4.79 Å². The zero-order valence-corrected chi connectivity index (χ0v) is 10.8. The smallest absolute Gasteiger partial charge is 0.221 e. The van der Waals surface area contributed by atoms with E-state index in [9.17, 15) is 4.79 Å². The largest absolute Gasteiger partial charge is 0.354 e. The van der Waals surface area contributed by atoms with E-state index in [2.05, 4.69) is 31.4 Å². The van der Waals surface area contributed by atoms with Crippen molar-refractivity contribution in [3.63, 3.8) is 0 Å². The van der Waals surface area contributed by atoms with Gasteiger partial charge in [-0.25, -0.2) is 0 Å². The van der Waals surface area contributed by atoms with Gasteiger partial charge in [0, 0.05) is 18.5 Å². The second-order valence-corrected chi connectivity index (χ2v) is 4.75. The minimum atomic E-state index is 0.133. The van der Waals surface area contributed by atoms with Crippen LogP contribution < -0.4 is 10.6 Å². The van der Waals surface area contributed by atoms with Gasteiger partial charge in [0.15, 0.2) is 0 Å². The summed E-state index contributed by atoms with van der Waals surface area (Å²) in [5.74, 6) is 0.815. The molecule has 0 aromatic carbocycles. The molecule has 0 saturated heterocycles. The second-order valence-electron chi connectivity index (χ2n) is 4.75. The molecule has 0 bridgehead atoms. The molecule has 90 valence electrons. The lowest BCUT2D eigenvalue weighted by Gasteiger charge is -2.17. The van der Waals surface area contributed by atoms with Crippen LogP contribution in [0.15, 0.2) is 0 Å². The Labute approximate surface area is 94.0 Å². The number of carbonyl (C=O) groups is 1. The summed E-state index contributed by atoms with van der Waals surface area (Å²) < 4.78 is 0. The molecule has 0 aliphatic carbocycles. The third kappa shape index (κ3) is 8.43. The lowest BCUT2D eigenvalue weighted by Crippen LogP contribution is -2.37. The van der Waals surface area contributed by atoms with E-state index in [0.717, 1.165) is 6.54 Å². The monoisotopic (exact) mass is 214 g/mol. The van der Waals surface area contributed by atoms with Crippen LogP contribution in [0.3, 0.4) is 0 Å². The quantitative estimate of drug-likeness (QED) is 0.680. The standard InChI is InChI=1S/C12H26N2O/c1-6-10(4)8-13-11(5)7-12(15)14-9(2)3/h9-11,13H,6-8H2,1-5H3,(H,14,15). The highest BCUT2D eigenvalue weighted by atomic mass is 16.1. The Balaban J connectivity index is 3.64. The number of amides is 1. The Kier molecular flexibility index (Phi) is 7.39. The minimum Gasteiger partial charge on any atom is -0.354 e. The van der Waals surface area contributed by atoms with Crippen LogP contribution in [0.5, 0.6) is 0 Å². The normalized spacial score (nSPS) is 15.1. The highest BCUT2D eigenvalue weighted by Crippen LogP contribution is 1.99. The first kappa shape index (κ1) is 14.4. The Morgan fingerprint density at radius 1 is 1.20 bits per heavy atom. The average molecular weight is 214 g/mol. The predicted molar refractivity (Wildman–Crippen MR) is 64.8 cm³/mol. The SMILES string of the molecule is CCC(C)CNC(C)CC(=O)NC(C)C. The molecule has 1 amide bonds. The van der Waals surface area contributed by atoms with Gasteiger partial charge in [-0.05, 0) is 33.2 Å². The number of nitrogens with one attached hydrogen (secondary N) is 2. The molecule has 0 fully saturated rings. The Bertz CT molecular complexity index is 180. The van der Waals surface area contributed by atoms with Crippen molar-refractivity contribution in [3.05, 3.63) is 0 Å². The molecular formula is C12H26N2O. The van der Waals surface area contributed by atoms with Crippen LogP contribution in [-0.2, 0) is 4.79 Å². The lowest BCUT2D eigenvalue weighted by molar-refractivity contribution is -0.122. The number of hydrogen-bond donors (Lipinski definition) is 2. The van der Waals surface area contributed by atoms with Crippen molar-refractivity contribution in [2.75, 3.05) is 6.54 Å². The van der Waals surface area contributed by atoms with Gasteiger partial charge in [0.2, 0.25) is 5.91 Å². The van der Waals surface area contributed by atoms with Gasteiger partial charge in [0.05, 0.1) is 0 Å². The van der Waals surface area contributed by atoms with Crippen LogP contribution >= 0.6 is 0 Å². The summed E-state index contributed by atoms with van der Waals surface area (Å²) in [6, 6.07) is 0.497. The Morgan fingerprint density at radius 2 is 1.80 bits per heavy atom. The topological polar surface area (TPSA) is 41.1 Å². The summed E-state index contributed by atoms with van der Waals surface area (Å²) in [5.41, 5.74) is 0. The van der Waals surface area contributed by atoms with Crippen molar-refractivity contribution in [2.24, 2.45) is 5.92 Å². The van der Waals surface area contributed by atoms with Gasteiger partial charge in [-0.1, -0.05) is 20.3 Å². The van der Waals surface area contributed by atoms with E-state index in [1.165, 1.54) is 6.42 Å². The number of hydrogen-bond acceptors (Lipinski definition) is 2. The van der Waals surface area contributed by atoms with E-state index >= 15 is 0 Å². The molecule has 0 aromatic heterocycles. The third-order valence-corrected chi connectivity index (χ3v) is 2.45. The van der Waals surface area contributed by atoms with Gasteiger partial charge in [-0.2, -0.15) is 0 Å². The maximum Gasteiger partial charge on any atom is 0.221 e. The van der Waals surface area contributed by atoms with Crippen molar-refractivity contribution in [1.29, 1.82) is 0 Å². The maximum atomic E-state index is 11.4.